The maximum atomic E-state index is 13.0. The van der Waals surface area contributed by atoms with E-state index >= 15 is 0 Å². The predicted octanol–water partition coefficient (Wildman–Crippen LogP) is 4.59. The van der Waals surface area contributed by atoms with Crippen LogP contribution in [0.4, 0.5) is 0 Å². The second-order valence-electron chi connectivity index (χ2n) is 7.57. The Morgan fingerprint density at radius 3 is 2.77 bits per heavy atom. The number of aromatic carboxylic acids is 1. The van der Waals surface area contributed by atoms with E-state index in [0.717, 1.165) is 46.5 Å². The van der Waals surface area contributed by atoms with Crippen LogP contribution in [0.1, 0.15) is 52.5 Å². The summed E-state index contributed by atoms with van der Waals surface area (Å²) >= 11 is 1.68. The fourth-order valence-corrected chi connectivity index (χ4v) is 5.31. The molecular formula is C23H24N2O4S. The molecule has 1 heterocycles. The number of aromatic nitrogens is 1. The van der Waals surface area contributed by atoms with E-state index in [4.69, 9.17) is 9.72 Å². The lowest BCUT2D eigenvalue weighted by Gasteiger charge is -2.29. The van der Waals surface area contributed by atoms with Crippen LogP contribution in [0, 0.1) is 5.92 Å². The van der Waals surface area contributed by atoms with Gasteiger partial charge >= 0.3 is 5.97 Å². The molecule has 0 radical (unpaired) electrons. The van der Waals surface area contributed by atoms with Gasteiger partial charge in [0.15, 0.2) is 0 Å². The first-order chi connectivity index (χ1) is 14.6. The Labute approximate surface area is 178 Å². The third kappa shape index (κ3) is 4.16. The van der Waals surface area contributed by atoms with Crippen molar-refractivity contribution in [2.45, 2.75) is 38.1 Å². The zero-order valence-electron chi connectivity index (χ0n) is 16.8. The molecule has 1 aliphatic carbocycles. The summed E-state index contributed by atoms with van der Waals surface area (Å²) in [7, 11) is 1.44. The van der Waals surface area contributed by atoms with Crippen LogP contribution in [0.5, 0.6) is 5.75 Å². The zero-order chi connectivity index (χ0) is 21.1. The minimum Gasteiger partial charge on any atom is -0.496 e. The minimum absolute atomic E-state index is 0.00616. The number of methoxy groups -OCH3 is 1. The molecule has 1 saturated carbocycles. The number of fused-ring (bicyclic) bond motifs is 1. The molecule has 4 rings (SSSR count). The molecule has 30 heavy (non-hydrogen) atoms. The topological polar surface area (TPSA) is 88.5 Å². The number of hydrogen-bond donors (Lipinski definition) is 2. The number of nitrogens with zero attached hydrogens (tertiary/aromatic N) is 1. The van der Waals surface area contributed by atoms with E-state index in [1.54, 1.807) is 29.5 Å². The SMILES string of the molecule is COc1ccc(CNC(=O)[C@@H]2CCCC[C@@H]2c2nc3ccccc3s2)cc1C(=O)O. The van der Waals surface area contributed by atoms with Crippen LogP contribution >= 0.6 is 11.3 Å². The molecule has 0 aliphatic heterocycles. The van der Waals surface area contributed by atoms with E-state index in [1.165, 1.54) is 7.11 Å². The van der Waals surface area contributed by atoms with Gasteiger partial charge in [0.25, 0.3) is 0 Å². The Balaban J connectivity index is 1.49. The van der Waals surface area contributed by atoms with Crippen molar-refractivity contribution < 1.29 is 19.4 Å². The van der Waals surface area contributed by atoms with Crippen LogP contribution in [0.25, 0.3) is 10.2 Å². The normalized spacial score (nSPS) is 18.8. The smallest absolute Gasteiger partial charge is 0.339 e. The van der Waals surface area contributed by atoms with Gasteiger partial charge in [0, 0.05) is 18.4 Å². The fraction of sp³-hybridized carbons (Fsp3) is 0.348. The van der Waals surface area contributed by atoms with Crippen molar-refractivity contribution in [2.24, 2.45) is 5.92 Å². The Kier molecular flexibility index (Phi) is 5.99. The maximum Gasteiger partial charge on any atom is 0.339 e. The Bertz CT molecular complexity index is 1050. The van der Waals surface area contributed by atoms with Crippen LogP contribution in [-0.4, -0.2) is 29.1 Å². The van der Waals surface area contributed by atoms with Crippen LogP contribution in [0.2, 0.25) is 0 Å². The molecular weight excluding hydrogens is 400 g/mol. The molecule has 2 aromatic carbocycles. The molecule has 6 nitrogen and oxygen atoms in total. The first-order valence-electron chi connectivity index (χ1n) is 10.1. The van der Waals surface area contributed by atoms with E-state index in [-0.39, 0.29) is 29.9 Å². The minimum atomic E-state index is -1.05. The summed E-state index contributed by atoms with van der Waals surface area (Å²) < 4.78 is 6.25. The summed E-state index contributed by atoms with van der Waals surface area (Å²) in [5.74, 6) is -0.728. The largest absolute Gasteiger partial charge is 0.496 e. The first kappa shape index (κ1) is 20.3. The third-order valence-corrected chi connectivity index (χ3v) is 6.86. The summed E-state index contributed by atoms with van der Waals surface area (Å²) in [6, 6.07) is 13.0. The Hall–Kier alpha value is -2.93. The Morgan fingerprint density at radius 2 is 2.00 bits per heavy atom. The highest BCUT2D eigenvalue weighted by Crippen LogP contribution is 2.41. The van der Waals surface area contributed by atoms with Gasteiger partial charge in [-0.15, -0.1) is 11.3 Å². The van der Waals surface area contributed by atoms with Crippen LogP contribution in [-0.2, 0) is 11.3 Å². The van der Waals surface area contributed by atoms with E-state index in [0.29, 0.717) is 5.75 Å². The van der Waals surface area contributed by atoms with Crippen molar-refractivity contribution in [3.63, 3.8) is 0 Å². The summed E-state index contributed by atoms with van der Waals surface area (Å²) in [5, 5.41) is 13.4. The number of carboxylic acids is 1. The van der Waals surface area contributed by atoms with Crippen molar-refractivity contribution in [1.82, 2.24) is 10.3 Å². The number of carboxylic acid groups (broad SMARTS) is 1. The van der Waals surface area contributed by atoms with Gasteiger partial charge in [-0.2, -0.15) is 0 Å². The molecule has 0 bridgehead atoms. The molecule has 2 N–H and O–H groups in total. The molecule has 1 aliphatic rings. The second-order valence-corrected chi connectivity index (χ2v) is 8.64. The summed E-state index contributed by atoms with van der Waals surface area (Å²) in [4.78, 5) is 29.3. The number of ether oxygens (including phenoxy) is 1. The molecule has 0 unspecified atom stereocenters. The maximum absolute atomic E-state index is 13.0. The van der Waals surface area contributed by atoms with Gasteiger partial charge in [-0.05, 0) is 42.7 Å². The quantitative estimate of drug-likeness (QED) is 0.604. The van der Waals surface area contributed by atoms with E-state index in [1.807, 2.05) is 18.2 Å². The molecule has 3 aromatic rings. The van der Waals surface area contributed by atoms with Crippen LogP contribution in [0.15, 0.2) is 42.5 Å². The number of nitrogens with one attached hydrogen (secondary N) is 1. The molecule has 156 valence electrons. The highest BCUT2D eigenvalue weighted by molar-refractivity contribution is 7.18. The molecule has 0 spiro atoms. The average molecular weight is 425 g/mol. The average Bonchev–Trinajstić information content (AvgIpc) is 3.21. The van der Waals surface area contributed by atoms with Gasteiger partial charge in [-0.3, -0.25) is 4.79 Å². The molecule has 1 fully saturated rings. The van der Waals surface area contributed by atoms with Gasteiger partial charge < -0.3 is 15.2 Å². The van der Waals surface area contributed by atoms with Gasteiger partial charge in [0.1, 0.15) is 11.3 Å². The number of carbonyl (C=O) groups excluding carboxylic acids is 1. The monoisotopic (exact) mass is 424 g/mol. The van der Waals surface area contributed by atoms with Crippen molar-refractivity contribution in [3.8, 4) is 5.75 Å². The van der Waals surface area contributed by atoms with Gasteiger partial charge in [0.05, 0.1) is 22.3 Å². The standard InChI is InChI=1S/C23H24N2O4S/c1-29-19-11-10-14(12-17(19)23(27)28)13-24-21(26)15-6-2-3-7-16(15)22-25-18-8-4-5-9-20(18)30-22/h4-5,8-12,15-16H,2-3,6-7,13H2,1H3,(H,24,26)(H,27,28)/t15-,16+/m1/s1. The lowest BCUT2D eigenvalue weighted by molar-refractivity contribution is -0.126. The zero-order valence-corrected chi connectivity index (χ0v) is 17.6. The fourth-order valence-electron chi connectivity index (χ4n) is 4.14. The molecule has 0 saturated heterocycles. The van der Waals surface area contributed by atoms with Gasteiger partial charge in [-0.25, -0.2) is 9.78 Å². The Morgan fingerprint density at radius 1 is 1.20 bits per heavy atom. The number of benzene rings is 2. The molecule has 2 atom stereocenters. The summed E-state index contributed by atoms with van der Waals surface area (Å²) in [6.07, 6.45) is 3.94. The van der Waals surface area contributed by atoms with Gasteiger partial charge in [-0.1, -0.05) is 31.0 Å². The lowest BCUT2D eigenvalue weighted by atomic mass is 9.79. The van der Waals surface area contributed by atoms with E-state index in [2.05, 4.69) is 11.4 Å². The predicted molar refractivity (Wildman–Crippen MR) is 116 cm³/mol. The number of amides is 1. The number of carbonyl (C=O) groups is 2. The second kappa shape index (κ2) is 8.83. The number of hydrogen-bond acceptors (Lipinski definition) is 5. The third-order valence-electron chi connectivity index (χ3n) is 5.69. The van der Waals surface area contributed by atoms with Crippen molar-refractivity contribution in [2.75, 3.05) is 7.11 Å². The van der Waals surface area contributed by atoms with E-state index in [9.17, 15) is 14.7 Å². The molecule has 7 heteroatoms. The number of rotatable bonds is 6. The highest BCUT2D eigenvalue weighted by Gasteiger charge is 2.34. The highest BCUT2D eigenvalue weighted by atomic mass is 32.1. The van der Waals surface area contributed by atoms with Crippen molar-refractivity contribution in [3.05, 3.63) is 58.6 Å². The summed E-state index contributed by atoms with van der Waals surface area (Å²) in [6.45, 7) is 0.284. The number of thiazole rings is 1. The first-order valence-corrected chi connectivity index (χ1v) is 10.9. The van der Waals surface area contributed by atoms with Crippen molar-refractivity contribution >= 4 is 33.4 Å². The molecule has 1 aromatic heterocycles. The molecule has 1 amide bonds. The van der Waals surface area contributed by atoms with E-state index < -0.39 is 5.97 Å². The lowest BCUT2D eigenvalue weighted by Crippen LogP contribution is -2.35. The van der Waals surface area contributed by atoms with Crippen LogP contribution < -0.4 is 10.1 Å². The van der Waals surface area contributed by atoms with Crippen LogP contribution in [0.3, 0.4) is 0 Å². The van der Waals surface area contributed by atoms with Gasteiger partial charge in [0.2, 0.25) is 5.91 Å². The number of para-hydroxylation sites is 1. The summed E-state index contributed by atoms with van der Waals surface area (Å²) in [5.41, 5.74) is 1.81. The van der Waals surface area contributed by atoms with Crippen molar-refractivity contribution in [1.29, 1.82) is 0 Å².